The Balaban J connectivity index is 1.88. The fourth-order valence-corrected chi connectivity index (χ4v) is 6.12. The Labute approximate surface area is 197 Å². The summed E-state index contributed by atoms with van der Waals surface area (Å²) in [6.45, 7) is 2.08. The van der Waals surface area contributed by atoms with Gasteiger partial charge in [0, 0.05) is 20.0 Å². The van der Waals surface area contributed by atoms with Crippen molar-refractivity contribution in [2.24, 2.45) is 17.8 Å². The number of hydrogen-bond acceptors (Lipinski definition) is 5. The van der Waals surface area contributed by atoms with Gasteiger partial charge >= 0.3 is 5.97 Å². The van der Waals surface area contributed by atoms with Crippen LogP contribution in [0.2, 0.25) is 6.32 Å². The molecule has 0 spiro atoms. The molecule has 1 unspecified atom stereocenters. The molecule has 2 radical (unpaired) electrons. The van der Waals surface area contributed by atoms with Gasteiger partial charge in [-0.15, -0.1) is 23.1 Å². The van der Waals surface area contributed by atoms with Crippen LogP contribution in [-0.4, -0.2) is 52.8 Å². The molecule has 1 saturated carbocycles. The molecule has 0 saturated heterocycles. The Morgan fingerprint density at radius 2 is 2.23 bits per heavy atom. The molecule has 0 aromatic carbocycles. The minimum atomic E-state index is -0.809. The van der Waals surface area contributed by atoms with E-state index in [1.54, 1.807) is 11.3 Å². The van der Waals surface area contributed by atoms with Gasteiger partial charge in [-0.3, -0.25) is 4.79 Å². The summed E-state index contributed by atoms with van der Waals surface area (Å²) in [6, 6.07) is 2.12. The third kappa shape index (κ3) is 8.19. The monoisotopic (exact) mass is 512 g/mol. The molecule has 1 heterocycles. The Morgan fingerprint density at radius 3 is 2.87 bits per heavy atom. The molecule has 1 aromatic rings. The summed E-state index contributed by atoms with van der Waals surface area (Å²) in [5, 5.41) is 29.6. The lowest BCUT2D eigenvalue weighted by molar-refractivity contribution is -0.133. The molecule has 8 heteroatoms. The van der Waals surface area contributed by atoms with E-state index in [1.807, 2.05) is 24.3 Å². The number of aliphatic hydroxyl groups is 2. The minimum Gasteiger partial charge on any atom is -0.481 e. The van der Waals surface area contributed by atoms with Gasteiger partial charge in [0.25, 0.3) is 0 Å². The first-order chi connectivity index (χ1) is 14.3. The third-order valence-electron chi connectivity index (χ3n) is 5.54. The highest BCUT2D eigenvalue weighted by molar-refractivity contribution is 9.10. The molecular weight excluding hydrogens is 483 g/mol. The average molecular weight is 513 g/mol. The molecule has 1 aliphatic carbocycles. The van der Waals surface area contributed by atoms with E-state index in [0.29, 0.717) is 24.9 Å². The van der Waals surface area contributed by atoms with Gasteiger partial charge in [0.2, 0.25) is 0 Å². The third-order valence-corrected chi connectivity index (χ3v) is 8.62. The number of carboxylic acid groups (broad SMARTS) is 1. The number of halogens is 1. The van der Waals surface area contributed by atoms with E-state index in [2.05, 4.69) is 28.9 Å². The summed E-state index contributed by atoms with van der Waals surface area (Å²) in [5.74, 6) is 0.340. The number of allylic oxidation sites excluding steroid dienone is 2. The zero-order valence-corrected chi connectivity index (χ0v) is 20.5. The van der Waals surface area contributed by atoms with Crippen LogP contribution in [-0.2, 0) is 11.2 Å². The number of rotatable bonds is 12. The number of hydrogen-bond donors (Lipinski definition) is 3. The van der Waals surface area contributed by atoms with Crippen LogP contribution in [0.25, 0.3) is 0 Å². The predicted molar refractivity (Wildman–Crippen MR) is 131 cm³/mol. The summed E-state index contributed by atoms with van der Waals surface area (Å²) in [7, 11) is 5.94. The summed E-state index contributed by atoms with van der Waals surface area (Å²) in [6.07, 6.45) is 10.4. The van der Waals surface area contributed by atoms with Gasteiger partial charge in [0.15, 0.2) is 0 Å². The second-order valence-corrected chi connectivity index (χ2v) is 11.0. The fraction of sp³-hybridized carbons (Fsp3) is 0.591. The summed E-state index contributed by atoms with van der Waals surface area (Å²) < 4.78 is 1.12. The Morgan fingerprint density at radius 1 is 1.47 bits per heavy atom. The van der Waals surface area contributed by atoms with E-state index in [0.717, 1.165) is 17.3 Å². The first kappa shape index (κ1) is 25.7. The molecule has 3 N–H and O–H groups in total. The largest absolute Gasteiger partial charge is 0.481 e. The van der Waals surface area contributed by atoms with Crippen molar-refractivity contribution in [3.05, 3.63) is 44.6 Å². The van der Waals surface area contributed by atoms with E-state index >= 15 is 0 Å². The smallest absolute Gasteiger partial charge is 0.313 e. The Kier molecular flexibility index (Phi) is 11.2. The molecule has 5 atom stereocenters. The number of thioether (sulfide) groups is 1. The highest BCUT2D eigenvalue weighted by Crippen LogP contribution is 2.42. The van der Waals surface area contributed by atoms with Gasteiger partial charge < -0.3 is 15.3 Å². The number of aliphatic hydroxyl groups excluding tert-OH is 2. The number of aryl methyl sites for hydroxylation is 2. The van der Waals surface area contributed by atoms with Crippen LogP contribution >= 0.6 is 39.0 Å². The van der Waals surface area contributed by atoms with Crippen LogP contribution in [0.1, 0.15) is 29.0 Å². The number of thiophene rings is 1. The van der Waals surface area contributed by atoms with Crippen LogP contribution in [0, 0.1) is 24.7 Å². The molecule has 30 heavy (non-hydrogen) atoms. The SMILES string of the molecule is [B]C[C@@H]1CC(O)[C@H](CC=CCSCC(=O)O)[C@H]1C=C[C@@H](O)CCc1cc(Br)c(C)s1. The lowest BCUT2D eigenvalue weighted by Crippen LogP contribution is -2.19. The maximum atomic E-state index is 10.5. The van der Waals surface area contributed by atoms with E-state index in [-0.39, 0.29) is 23.5 Å². The van der Waals surface area contributed by atoms with Crippen molar-refractivity contribution >= 4 is 52.8 Å². The zero-order chi connectivity index (χ0) is 22.1. The van der Waals surface area contributed by atoms with Crippen molar-refractivity contribution in [1.29, 1.82) is 0 Å². The fourth-order valence-electron chi connectivity index (χ4n) is 3.94. The second-order valence-electron chi connectivity index (χ2n) is 7.76. The Hall–Kier alpha value is -0.535. The van der Waals surface area contributed by atoms with Crippen LogP contribution in [0.4, 0.5) is 0 Å². The molecule has 0 amide bonds. The molecule has 4 nitrogen and oxygen atoms in total. The molecule has 1 aliphatic rings. The zero-order valence-electron chi connectivity index (χ0n) is 17.2. The highest BCUT2D eigenvalue weighted by atomic mass is 79.9. The molecule has 1 aromatic heterocycles. The molecule has 2 rings (SSSR count). The molecular formula is C22H30BBrO4S2. The average Bonchev–Trinajstić information content (AvgIpc) is 3.19. The topological polar surface area (TPSA) is 77.8 Å². The molecule has 0 aliphatic heterocycles. The molecule has 164 valence electrons. The Bertz CT molecular complexity index is 717. The number of carboxylic acids is 1. The molecule has 1 fully saturated rings. The summed E-state index contributed by atoms with van der Waals surface area (Å²) >= 11 is 6.63. The second kappa shape index (κ2) is 13.1. The van der Waals surface area contributed by atoms with E-state index < -0.39 is 18.2 Å². The van der Waals surface area contributed by atoms with Gasteiger partial charge in [-0.05, 0) is 72.4 Å². The normalized spacial score (nSPS) is 25.5. The quantitative estimate of drug-likeness (QED) is 0.216. The first-order valence-corrected chi connectivity index (χ1v) is 13.0. The maximum Gasteiger partial charge on any atom is 0.313 e. The van der Waals surface area contributed by atoms with Crippen LogP contribution in [0.5, 0.6) is 0 Å². The highest BCUT2D eigenvalue weighted by Gasteiger charge is 2.39. The van der Waals surface area contributed by atoms with Gasteiger partial charge in [-0.25, -0.2) is 0 Å². The standard InChI is InChI=1S/C22H30BBrO4S2/c1-14-20(24)11-17(30-14)7-5-16(25)6-8-18-15(12-23)10-21(26)19(18)4-2-3-9-29-13-22(27)28/h2-3,6,8,11,15-16,18-19,21,25-26H,4-5,7,9-10,12-13H2,1H3,(H,27,28)/t15-,16-,18-,19+,21?/m0/s1. The number of carbonyl (C=O) groups is 1. The van der Waals surface area contributed by atoms with Crippen LogP contribution in [0.15, 0.2) is 34.8 Å². The lowest BCUT2D eigenvalue weighted by atomic mass is 9.80. The van der Waals surface area contributed by atoms with Gasteiger partial charge in [-0.1, -0.05) is 30.6 Å². The molecule has 0 bridgehead atoms. The van der Waals surface area contributed by atoms with E-state index in [1.165, 1.54) is 21.5 Å². The van der Waals surface area contributed by atoms with Crippen molar-refractivity contribution in [3.63, 3.8) is 0 Å². The van der Waals surface area contributed by atoms with Crippen molar-refractivity contribution in [1.82, 2.24) is 0 Å². The number of aliphatic carboxylic acids is 1. The maximum absolute atomic E-state index is 10.5. The van der Waals surface area contributed by atoms with E-state index in [4.69, 9.17) is 13.0 Å². The van der Waals surface area contributed by atoms with Crippen LogP contribution in [0.3, 0.4) is 0 Å². The minimum absolute atomic E-state index is 0.0682. The van der Waals surface area contributed by atoms with Crippen molar-refractivity contribution in [3.8, 4) is 0 Å². The van der Waals surface area contributed by atoms with Crippen LogP contribution < -0.4 is 0 Å². The summed E-state index contributed by atoms with van der Waals surface area (Å²) in [5.41, 5.74) is 0. The van der Waals surface area contributed by atoms with Gasteiger partial charge in [-0.2, -0.15) is 0 Å². The lowest BCUT2D eigenvalue weighted by Gasteiger charge is -2.21. The summed E-state index contributed by atoms with van der Waals surface area (Å²) in [4.78, 5) is 13.1. The first-order valence-electron chi connectivity index (χ1n) is 10.3. The van der Waals surface area contributed by atoms with Crippen molar-refractivity contribution < 1.29 is 20.1 Å². The van der Waals surface area contributed by atoms with Gasteiger partial charge in [0.05, 0.1) is 25.8 Å². The predicted octanol–water partition coefficient (Wildman–Crippen LogP) is 4.63. The van der Waals surface area contributed by atoms with Gasteiger partial charge in [0.1, 0.15) is 0 Å². The van der Waals surface area contributed by atoms with Crippen molar-refractivity contribution in [2.45, 2.75) is 51.1 Å². The van der Waals surface area contributed by atoms with E-state index in [9.17, 15) is 15.0 Å². The van der Waals surface area contributed by atoms with Crippen molar-refractivity contribution in [2.75, 3.05) is 11.5 Å².